The van der Waals surface area contributed by atoms with Crippen LogP contribution in [0.2, 0.25) is 0 Å². The number of carbonyl (C=O) groups is 2. The third kappa shape index (κ3) is 4.00. The van der Waals surface area contributed by atoms with Crippen molar-refractivity contribution in [2.24, 2.45) is 5.41 Å². The molecule has 1 unspecified atom stereocenters. The van der Waals surface area contributed by atoms with Crippen molar-refractivity contribution in [3.63, 3.8) is 0 Å². The minimum absolute atomic E-state index is 0.0128. The van der Waals surface area contributed by atoms with Crippen molar-refractivity contribution in [2.45, 2.75) is 38.1 Å². The molecule has 1 saturated carbocycles. The molecule has 0 radical (unpaired) electrons. The molecule has 6 heteroatoms. The molecule has 1 saturated heterocycles. The lowest BCUT2D eigenvalue weighted by Crippen LogP contribution is -2.52. The lowest BCUT2D eigenvalue weighted by molar-refractivity contribution is -0.141. The first kappa shape index (κ1) is 17.9. The average Bonchev–Trinajstić information content (AvgIpc) is 2.89. The van der Waals surface area contributed by atoms with Crippen LogP contribution >= 0.6 is 0 Å². The first-order chi connectivity index (χ1) is 12.0. The number of carbonyl (C=O) groups excluding carboxylic acids is 2. The number of hydrogen-bond acceptors (Lipinski definition) is 3. The molecule has 2 aliphatic rings. The van der Waals surface area contributed by atoms with Gasteiger partial charge in [0, 0.05) is 26.6 Å². The molecule has 1 N–H and O–H groups in total. The van der Waals surface area contributed by atoms with E-state index in [9.17, 15) is 14.0 Å². The SMILES string of the molecule is COCC1(C(=O)NC2CC(=O)N(CCc3ccc(F)cc3)C2)CCC1. The van der Waals surface area contributed by atoms with Crippen LogP contribution in [0.5, 0.6) is 0 Å². The number of halogens is 1. The Balaban J connectivity index is 1.50. The fourth-order valence-electron chi connectivity index (χ4n) is 3.66. The highest BCUT2D eigenvalue weighted by atomic mass is 19.1. The second-order valence-corrected chi connectivity index (χ2v) is 7.16. The predicted octanol–water partition coefficient (Wildman–Crippen LogP) is 1.90. The minimum Gasteiger partial charge on any atom is -0.384 e. The summed E-state index contributed by atoms with van der Waals surface area (Å²) in [5, 5.41) is 3.04. The van der Waals surface area contributed by atoms with Crippen LogP contribution in [-0.2, 0) is 20.7 Å². The number of ether oxygens (including phenoxy) is 1. The average molecular weight is 348 g/mol. The number of nitrogens with one attached hydrogen (secondary N) is 1. The highest BCUT2D eigenvalue weighted by Gasteiger charge is 2.45. The highest BCUT2D eigenvalue weighted by molar-refractivity contribution is 5.86. The van der Waals surface area contributed by atoms with E-state index in [1.54, 1.807) is 24.1 Å². The van der Waals surface area contributed by atoms with Crippen LogP contribution in [-0.4, -0.2) is 49.6 Å². The van der Waals surface area contributed by atoms with Crippen LogP contribution in [0.1, 0.15) is 31.2 Å². The number of amides is 2. The summed E-state index contributed by atoms with van der Waals surface area (Å²) in [5.41, 5.74) is 0.592. The Labute approximate surface area is 147 Å². The summed E-state index contributed by atoms with van der Waals surface area (Å²) in [6.45, 7) is 1.56. The van der Waals surface area contributed by atoms with E-state index in [1.807, 2.05) is 0 Å². The minimum atomic E-state index is -0.403. The molecular weight excluding hydrogens is 323 g/mol. The van der Waals surface area contributed by atoms with E-state index < -0.39 is 5.41 Å². The van der Waals surface area contributed by atoms with E-state index in [1.165, 1.54) is 12.1 Å². The molecule has 1 aliphatic heterocycles. The third-order valence-corrected chi connectivity index (χ3v) is 5.35. The first-order valence-corrected chi connectivity index (χ1v) is 8.84. The second kappa shape index (κ2) is 7.52. The molecule has 1 aromatic carbocycles. The van der Waals surface area contributed by atoms with Gasteiger partial charge in [0.2, 0.25) is 11.8 Å². The van der Waals surface area contributed by atoms with Gasteiger partial charge in [-0.3, -0.25) is 9.59 Å². The van der Waals surface area contributed by atoms with Crippen molar-refractivity contribution >= 4 is 11.8 Å². The quantitative estimate of drug-likeness (QED) is 0.819. The van der Waals surface area contributed by atoms with Gasteiger partial charge in [0.25, 0.3) is 0 Å². The molecule has 0 spiro atoms. The van der Waals surface area contributed by atoms with E-state index in [4.69, 9.17) is 4.74 Å². The summed E-state index contributed by atoms with van der Waals surface area (Å²) in [6.07, 6.45) is 3.77. The summed E-state index contributed by atoms with van der Waals surface area (Å²) >= 11 is 0. The molecule has 3 rings (SSSR count). The topological polar surface area (TPSA) is 58.6 Å². The molecule has 0 bridgehead atoms. The number of hydrogen-bond donors (Lipinski definition) is 1. The molecule has 2 amide bonds. The molecule has 25 heavy (non-hydrogen) atoms. The maximum absolute atomic E-state index is 12.9. The number of nitrogens with zero attached hydrogens (tertiary/aromatic N) is 1. The predicted molar refractivity (Wildman–Crippen MR) is 91.4 cm³/mol. The smallest absolute Gasteiger partial charge is 0.228 e. The van der Waals surface area contributed by atoms with Gasteiger partial charge < -0.3 is 15.0 Å². The highest BCUT2D eigenvalue weighted by Crippen LogP contribution is 2.41. The standard InChI is InChI=1S/C19H25FN2O3/c1-25-13-19(8-2-9-19)18(24)21-16-11-17(23)22(12-16)10-7-14-3-5-15(20)6-4-14/h3-6,16H,2,7-13H2,1H3,(H,21,24). The Hall–Kier alpha value is -1.95. The summed E-state index contributed by atoms with van der Waals surface area (Å²) in [5.74, 6) is -0.189. The van der Waals surface area contributed by atoms with Crippen molar-refractivity contribution in [3.05, 3.63) is 35.6 Å². The lowest BCUT2D eigenvalue weighted by Gasteiger charge is -2.40. The van der Waals surface area contributed by atoms with E-state index >= 15 is 0 Å². The first-order valence-electron chi connectivity index (χ1n) is 8.84. The summed E-state index contributed by atoms with van der Waals surface area (Å²) < 4.78 is 18.1. The van der Waals surface area contributed by atoms with Crippen LogP contribution in [0.4, 0.5) is 4.39 Å². The molecule has 1 aliphatic carbocycles. The Morgan fingerprint density at radius 1 is 1.36 bits per heavy atom. The third-order valence-electron chi connectivity index (χ3n) is 5.35. The number of likely N-dealkylation sites (tertiary alicyclic amines) is 1. The number of methoxy groups -OCH3 is 1. The Morgan fingerprint density at radius 3 is 2.68 bits per heavy atom. The van der Waals surface area contributed by atoms with Gasteiger partial charge in [-0.2, -0.15) is 0 Å². The number of rotatable bonds is 7. The Bertz CT molecular complexity index is 628. The Morgan fingerprint density at radius 2 is 2.08 bits per heavy atom. The molecule has 136 valence electrons. The van der Waals surface area contributed by atoms with Crippen molar-refractivity contribution in [1.29, 1.82) is 0 Å². The van der Waals surface area contributed by atoms with Gasteiger partial charge in [-0.05, 0) is 37.0 Å². The fourth-order valence-corrected chi connectivity index (χ4v) is 3.66. The van der Waals surface area contributed by atoms with E-state index in [2.05, 4.69) is 5.32 Å². The van der Waals surface area contributed by atoms with Gasteiger partial charge >= 0.3 is 0 Å². The molecule has 0 aromatic heterocycles. The monoisotopic (exact) mass is 348 g/mol. The number of benzene rings is 1. The van der Waals surface area contributed by atoms with Crippen LogP contribution in [0.3, 0.4) is 0 Å². The second-order valence-electron chi connectivity index (χ2n) is 7.16. The van der Waals surface area contributed by atoms with Crippen LogP contribution in [0, 0.1) is 11.2 Å². The largest absolute Gasteiger partial charge is 0.384 e. The summed E-state index contributed by atoms with van der Waals surface area (Å²) in [4.78, 5) is 26.5. The maximum atomic E-state index is 12.9. The van der Waals surface area contributed by atoms with Gasteiger partial charge in [-0.25, -0.2) is 4.39 Å². The summed E-state index contributed by atoms with van der Waals surface area (Å²) in [6, 6.07) is 6.19. The molecule has 5 nitrogen and oxygen atoms in total. The summed E-state index contributed by atoms with van der Waals surface area (Å²) in [7, 11) is 1.61. The van der Waals surface area contributed by atoms with Crippen LogP contribution in [0.15, 0.2) is 24.3 Å². The zero-order chi connectivity index (χ0) is 17.9. The van der Waals surface area contributed by atoms with Gasteiger partial charge in [0.1, 0.15) is 5.82 Å². The van der Waals surface area contributed by atoms with E-state index in [0.717, 1.165) is 24.8 Å². The molecule has 1 heterocycles. The van der Waals surface area contributed by atoms with Crippen LogP contribution in [0.25, 0.3) is 0 Å². The zero-order valence-electron chi connectivity index (χ0n) is 14.6. The lowest BCUT2D eigenvalue weighted by atomic mass is 9.68. The van der Waals surface area contributed by atoms with E-state index in [0.29, 0.717) is 32.5 Å². The maximum Gasteiger partial charge on any atom is 0.228 e. The van der Waals surface area contributed by atoms with Gasteiger partial charge in [0.15, 0.2) is 0 Å². The van der Waals surface area contributed by atoms with Gasteiger partial charge in [0.05, 0.1) is 18.1 Å². The van der Waals surface area contributed by atoms with Crippen molar-refractivity contribution in [2.75, 3.05) is 26.8 Å². The van der Waals surface area contributed by atoms with Crippen molar-refractivity contribution in [1.82, 2.24) is 10.2 Å². The molecular formula is C19H25FN2O3. The Kier molecular flexibility index (Phi) is 5.37. The normalized spacial score (nSPS) is 21.9. The van der Waals surface area contributed by atoms with Crippen molar-refractivity contribution < 1.29 is 18.7 Å². The molecule has 1 atom stereocenters. The zero-order valence-corrected chi connectivity index (χ0v) is 14.6. The van der Waals surface area contributed by atoms with Gasteiger partial charge in [-0.1, -0.05) is 18.6 Å². The molecule has 1 aromatic rings. The fraction of sp³-hybridized carbons (Fsp3) is 0.579. The van der Waals surface area contributed by atoms with Crippen LogP contribution < -0.4 is 5.32 Å². The van der Waals surface area contributed by atoms with Gasteiger partial charge in [-0.15, -0.1) is 0 Å². The van der Waals surface area contributed by atoms with Crippen molar-refractivity contribution in [3.8, 4) is 0 Å². The van der Waals surface area contributed by atoms with E-state index in [-0.39, 0.29) is 23.7 Å². The molecule has 2 fully saturated rings.